The van der Waals surface area contributed by atoms with Gasteiger partial charge in [0.05, 0.1) is 29.3 Å². The van der Waals surface area contributed by atoms with E-state index in [9.17, 15) is 9.59 Å². The Morgan fingerprint density at radius 1 is 1.38 bits per heavy atom. The molecule has 0 aromatic carbocycles. The molecule has 0 bridgehead atoms. The van der Waals surface area contributed by atoms with Crippen molar-refractivity contribution in [2.75, 3.05) is 31.5 Å². The molecule has 0 aliphatic heterocycles. The van der Waals surface area contributed by atoms with Crippen LogP contribution in [0.4, 0.5) is 10.8 Å². The molecule has 0 saturated heterocycles. The monoisotopic (exact) mass is 456 g/mol. The highest BCUT2D eigenvalue weighted by Crippen LogP contribution is 2.36. The summed E-state index contributed by atoms with van der Waals surface area (Å²) in [5.74, 6) is -0.879. The van der Waals surface area contributed by atoms with Crippen LogP contribution in [-0.4, -0.2) is 43.0 Å². The van der Waals surface area contributed by atoms with E-state index in [1.54, 1.807) is 13.2 Å². The number of anilines is 2. The standard InChI is InChI=1S/C17H17ClN4O5S2/c1-8(7-25-2)19-10-6-11(27-16(24)12(10)26-3)14(23)20-17-22-21-15(29-17)13-9(18)4-5-28-13/h4-6,8,19H,7H2,1-3H3,(H,20,22,23)/t8-/m1/s1. The summed E-state index contributed by atoms with van der Waals surface area (Å²) in [6, 6.07) is 3.01. The fraction of sp³-hybridized carbons (Fsp3) is 0.294. The molecule has 12 heteroatoms. The van der Waals surface area contributed by atoms with Gasteiger partial charge in [-0.1, -0.05) is 22.9 Å². The van der Waals surface area contributed by atoms with Crippen molar-refractivity contribution in [3.05, 3.63) is 38.7 Å². The molecule has 0 unspecified atom stereocenters. The smallest absolute Gasteiger partial charge is 0.381 e. The van der Waals surface area contributed by atoms with Crippen LogP contribution in [0.3, 0.4) is 0 Å². The number of methoxy groups -OCH3 is 2. The maximum absolute atomic E-state index is 12.6. The summed E-state index contributed by atoms with van der Waals surface area (Å²) in [5, 5.41) is 16.8. The summed E-state index contributed by atoms with van der Waals surface area (Å²) >= 11 is 8.67. The van der Waals surface area contributed by atoms with Crippen molar-refractivity contribution in [2.24, 2.45) is 0 Å². The topological polar surface area (TPSA) is 116 Å². The second-order valence-electron chi connectivity index (χ2n) is 5.81. The van der Waals surface area contributed by atoms with E-state index >= 15 is 0 Å². The number of amides is 1. The normalized spacial score (nSPS) is 11.9. The number of thiophene rings is 1. The average Bonchev–Trinajstić information content (AvgIpc) is 3.30. The minimum absolute atomic E-state index is 0.0324. The summed E-state index contributed by atoms with van der Waals surface area (Å²) in [7, 11) is 2.91. The van der Waals surface area contributed by atoms with Gasteiger partial charge in [-0.2, -0.15) is 0 Å². The molecule has 3 heterocycles. The molecule has 0 fully saturated rings. The zero-order valence-electron chi connectivity index (χ0n) is 15.6. The fourth-order valence-electron chi connectivity index (χ4n) is 2.42. The van der Waals surface area contributed by atoms with Crippen LogP contribution >= 0.6 is 34.3 Å². The first kappa shape index (κ1) is 21.2. The first-order chi connectivity index (χ1) is 13.9. The highest BCUT2D eigenvalue weighted by Gasteiger charge is 2.20. The van der Waals surface area contributed by atoms with Gasteiger partial charge in [-0.3, -0.25) is 10.1 Å². The van der Waals surface area contributed by atoms with Crippen molar-refractivity contribution in [1.29, 1.82) is 0 Å². The third-order valence-corrected chi connectivity index (χ3v) is 5.95. The highest BCUT2D eigenvalue weighted by atomic mass is 35.5. The molecule has 3 rings (SSSR count). The molecule has 1 atom stereocenters. The molecule has 1 amide bonds. The number of aromatic nitrogens is 2. The van der Waals surface area contributed by atoms with Crippen molar-refractivity contribution in [2.45, 2.75) is 13.0 Å². The number of rotatable bonds is 8. The number of ether oxygens (including phenoxy) is 2. The molecule has 0 saturated carbocycles. The van der Waals surface area contributed by atoms with Gasteiger partial charge in [-0.05, 0) is 18.4 Å². The van der Waals surface area contributed by atoms with E-state index < -0.39 is 11.5 Å². The Balaban J connectivity index is 1.82. The summed E-state index contributed by atoms with van der Waals surface area (Å²) < 4.78 is 15.2. The van der Waals surface area contributed by atoms with E-state index in [2.05, 4.69) is 20.8 Å². The minimum Gasteiger partial charge on any atom is -0.488 e. The number of halogens is 1. The molecular weight excluding hydrogens is 440 g/mol. The zero-order chi connectivity index (χ0) is 21.0. The lowest BCUT2D eigenvalue weighted by atomic mass is 10.2. The summed E-state index contributed by atoms with van der Waals surface area (Å²) in [6.45, 7) is 2.25. The largest absolute Gasteiger partial charge is 0.488 e. The van der Waals surface area contributed by atoms with E-state index in [1.165, 1.54) is 24.5 Å². The van der Waals surface area contributed by atoms with Gasteiger partial charge in [0.1, 0.15) is 0 Å². The van der Waals surface area contributed by atoms with Crippen LogP contribution in [0.2, 0.25) is 5.02 Å². The molecule has 3 aromatic rings. The van der Waals surface area contributed by atoms with Gasteiger partial charge < -0.3 is 19.2 Å². The lowest BCUT2D eigenvalue weighted by Crippen LogP contribution is -2.23. The molecule has 3 aromatic heterocycles. The molecule has 0 radical (unpaired) electrons. The number of nitrogens with one attached hydrogen (secondary N) is 2. The molecule has 0 spiro atoms. The average molecular weight is 457 g/mol. The van der Waals surface area contributed by atoms with Crippen LogP contribution in [0.25, 0.3) is 9.88 Å². The van der Waals surface area contributed by atoms with Crippen LogP contribution in [0, 0.1) is 0 Å². The lowest BCUT2D eigenvalue weighted by Gasteiger charge is -2.16. The maximum atomic E-state index is 12.6. The Labute approximate surface area is 178 Å². The SMILES string of the molecule is COC[C@@H](C)Nc1cc(C(=O)Nc2nnc(-c3sccc3Cl)s2)oc(=O)c1OC. The maximum Gasteiger partial charge on any atom is 0.381 e. The number of nitrogens with zero attached hydrogens (tertiary/aromatic N) is 2. The van der Waals surface area contributed by atoms with Crippen LogP contribution in [-0.2, 0) is 4.74 Å². The Bertz CT molecular complexity index is 1060. The van der Waals surface area contributed by atoms with Crippen molar-refractivity contribution in [1.82, 2.24) is 10.2 Å². The van der Waals surface area contributed by atoms with Crippen LogP contribution in [0.5, 0.6) is 5.75 Å². The quantitative estimate of drug-likeness (QED) is 0.528. The second kappa shape index (κ2) is 9.35. The van der Waals surface area contributed by atoms with Crippen LogP contribution in [0.1, 0.15) is 17.5 Å². The van der Waals surface area contributed by atoms with Gasteiger partial charge in [0, 0.05) is 19.2 Å². The van der Waals surface area contributed by atoms with Gasteiger partial charge in [0.25, 0.3) is 5.91 Å². The third-order valence-electron chi connectivity index (χ3n) is 3.61. The van der Waals surface area contributed by atoms with Crippen LogP contribution in [0.15, 0.2) is 26.7 Å². The van der Waals surface area contributed by atoms with Crippen molar-refractivity contribution >= 4 is 51.0 Å². The molecule has 0 aliphatic rings. The minimum atomic E-state index is -0.782. The van der Waals surface area contributed by atoms with E-state index in [0.717, 1.165) is 16.2 Å². The van der Waals surface area contributed by atoms with Gasteiger partial charge in [0.15, 0.2) is 10.8 Å². The number of hydrogen-bond acceptors (Lipinski definition) is 10. The van der Waals surface area contributed by atoms with Crippen molar-refractivity contribution in [3.63, 3.8) is 0 Å². The fourth-order valence-corrected chi connectivity index (χ4v) is 4.46. The first-order valence-electron chi connectivity index (χ1n) is 8.28. The summed E-state index contributed by atoms with van der Waals surface area (Å²) in [5.41, 5.74) is -0.461. The Kier molecular flexibility index (Phi) is 6.85. The van der Waals surface area contributed by atoms with Gasteiger partial charge in [0.2, 0.25) is 10.9 Å². The molecule has 2 N–H and O–H groups in total. The zero-order valence-corrected chi connectivity index (χ0v) is 18.0. The number of carbonyl (C=O) groups is 1. The third kappa shape index (κ3) is 4.93. The molecule has 9 nitrogen and oxygen atoms in total. The Morgan fingerprint density at radius 2 is 2.17 bits per heavy atom. The lowest BCUT2D eigenvalue weighted by molar-refractivity contribution is 0.0991. The van der Waals surface area contributed by atoms with E-state index in [1.807, 2.05) is 12.3 Å². The summed E-state index contributed by atoms with van der Waals surface area (Å²) in [6.07, 6.45) is 0. The van der Waals surface area contributed by atoms with Gasteiger partial charge in [-0.25, -0.2) is 4.79 Å². The second-order valence-corrected chi connectivity index (χ2v) is 8.11. The van der Waals surface area contributed by atoms with Crippen molar-refractivity contribution < 1.29 is 18.7 Å². The summed E-state index contributed by atoms with van der Waals surface area (Å²) in [4.78, 5) is 25.5. The highest BCUT2D eigenvalue weighted by molar-refractivity contribution is 7.23. The molecular formula is C17H17ClN4O5S2. The predicted octanol–water partition coefficient (Wildman–Crippen LogP) is 3.58. The molecule has 29 heavy (non-hydrogen) atoms. The first-order valence-corrected chi connectivity index (χ1v) is 10.4. The van der Waals surface area contributed by atoms with Crippen molar-refractivity contribution in [3.8, 4) is 15.6 Å². The van der Waals surface area contributed by atoms with Gasteiger partial charge in [-0.15, -0.1) is 21.5 Å². The number of carbonyl (C=O) groups excluding carboxylic acids is 1. The predicted molar refractivity (Wildman–Crippen MR) is 113 cm³/mol. The van der Waals surface area contributed by atoms with E-state index in [-0.39, 0.29) is 22.7 Å². The molecule has 0 aliphatic carbocycles. The van der Waals surface area contributed by atoms with Crippen LogP contribution < -0.4 is 21.0 Å². The van der Waals surface area contributed by atoms with E-state index in [4.69, 9.17) is 25.5 Å². The Morgan fingerprint density at radius 3 is 2.83 bits per heavy atom. The van der Waals surface area contributed by atoms with E-state index in [0.29, 0.717) is 22.3 Å². The Hall–Kier alpha value is -2.47. The molecule has 154 valence electrons. The number of hydrogen-bond donors (Lipinski definition) is 2. The van der Waals surface area contributed by atoms with Gasteiger partial charge >= 0.3 is 5.63 Å².